The molecule has 1 aromatic carbocycles. The Morgan fingerprint density at radius 3 is 2.65 bits per heavy atom. The normalized spacial score (nSPS) is 19.8. The molecule has 5 nitrogen and oxygen atoms in total. The van der Waals surface area contributed by atoms with Crippen LogP contribution in [0.2, 0.25) is 0 Å². The van der Waals surface area contributed by atoms with Crippen molar-refractivity contribution in [1.29, 1.82) is 0 Å². The van der Waals surface area contributed by atoms with Crippen LogP contribution in [0.3, 0.4) is 0 Å². The fourth-order valence-electron chi connectivity index (χ4n) is 4.04. The first-order chi connectivity index (χ1) is 12.7. The molecule has 0 atom stereocenters. The van der Waals surface area contributed by atoms with E-state index < -0.39 is 0 Å². The van der Waals surface area contributed by atoms with Gasteiger partial charge < -0.3 is 15.0 Å². The summed E-state index contributed by atoms with van der Waals surface area (Å²) in [5.74, 6) is 0.418. The third-order valence-corrected chi connectivity index (χ3v) is 5.83. The fraction of sp³-hybridized carbons (Fsp3) is 0.619. The molecule has 0 bridgehead atoms. The van der Waals surface area contributed by atoms with Crippen molar-refractivity contribution in [3.63, 3.8) is 0 Å². The summed E-state index contributed by atoms with van der Waals surface area (Å²) in [6.45, 7) is 3.67. The summed E-state index contributed by atoms with van der Waals surface area (Å²) in [4.78, 5) is 26.0. The maximum absolute atomic E-state index is 12.4. The van der Waals surface area contributed by atoms with Crippen LogP contribution in [0, 0.1) is 5.41 Å². The quantitative estimate of drug-likeness (QED) is 0.796. The first-order valence-electron chi connectivity index (χ1n) is 9.83. The maximum Gasteiger partial charge on any atom is 0.222 e. The van der Waals surface area contributed by atoms with Crippen LogP contribution in [0.1, 0.15) is 50.5 Å². The minimum absolute atomic E-state index is 0.177. The van der Waals surface area contributed by atoms with E-state index in [4.69, 9.17) is 4.74 Å². The van der Waals surface area contributed by atoms with Crippen LogP contribution in [0.5, 0.6) is 0 Å². The molecule has 0 unspecified atom stereocenters. The van der Waals surface area contributed by atoms with Crippen molar-refractivity contribution >= 4 is 11.8 Å². The van der Waals surface area contributed by atoms with Crippen LogP contribution in [0.15, 0.2) is 30.3 Å². The Kier molecular flexibility index (Phi) is 6.67. The Morgan fingerprint density at radius 1 is 1.12 bits per heavy atom. The van der Waals surface area contributed by atoms with Crippen molar-refractivity contribution in [2.45, 2.75) is 51.6 Å². The average molecular weight is 358 g/mol. The van der Waals surface area contributed by atoms with E-state index >= 15 is 0 Å². The summed E-state index contributed by atoms with van der Waals surface area (Å²) in [6.07, 6.45) is 6.03. The van der Waals surface area contributed by atoms with Gasteiger partial charge in [0.2, 0.25) is 11.8 Å². The lowest BCUT2D eigenvalue weighted by molar-refractivity contribution is -0.134. The second-order valence-electron chi connectivity index (χ2n) is 7.62. The molecule has 3 rings (SSSR count). The van der Waals surface area contributed by atoms with Gasteiger partial charge in [0.05, 0.1) is 6.61 Å². The number of hydrogen-bond acceptors (Lipinski definition) is 3. The van der Waals surface area contributed by atoms with Crippen molar-refractivity contribution in [2.24, 2.45) is 5.41 Å². The molecule has 2 fully saturated rings. The Morgan fingerprint density at radius 2 is 1.88 bits per heavy atom. The van der Waals surface area contributed by atoms with Gasteiger partial charge >= 0.3 is 0 Å². The van der Waals surface area contributed by atoms with Crippen LogP contribution in [0.4, 0.5) is 0 Å². The summed E-state index contributed by atoms with van der Waals surface area (Å²) in [5.41, 5.74) is 1.42. The highest BCUT2D eigenvalue weighted by Gasteiger charge is 2.36. The molecule has 2 aliphatic heterocycles. The monoisotopic (exact) mass is 358 g/mol. The molecular weight excluding hydrogens is 328 g/mol. The van der Waals surface area contributed by atoms with Crippen molar-refractivity contribution in [3.8, 4) is 0 Å². The number of carbonyl (C=O) groups excluding carboxylic acids is 2. The van der Waals surface area contributed by atoms with Gasteiger partial charge in [0.15, 0.2) is 0 Å². The Labute approximate surface area is 156 Å². The molecule has 1 aromatic rings. The molecule has 0 aromatic heterocycles. The molecule has 1 N–H and O–H groups in total. The Bertz CT molecular complexity index is 595. The van der Waals surface area contributed by atoms with E-state index in [1.54, 1.807) is 0 Å². The molecule has 26 heavy (non-hydrogen) atoms. The number of carbonyl (C=O) groups is 2. The standard InChI is InChI=1S/C21H30N2O3/c24-19-8-9-21(10-13-22-19)11-14-23(15-12-21)20(25)7-4-16-26-17-18-5-2-1-3-6-18/h1-3,5-6H,4,7-17H2,(H,22,24). The number of nitrogens with one attached hydrogen (secondary N) is 1. The van der Waals surface area contributed by atoms with E-state index in [1.165, 1.54) is 0 Å². The second-order valence-corrected chi connectivity index (χ2v) is 7.62. The van der Waals surface area contributed by atoms with Gasteiger partial charge in [0, 0.05) is 39.1 Å². The highest BCUT2D eigenvalue weighted by Crippen LogP contribution is 2.40. The number of hydrogen-bond donors (Lipinski definition) is 1. The van der Waals surface area contributed by atoms with E-state index in [-0.39, 0.29) is 17.2 Å². The maximum atomic E-state index is 12.4. The number of benzene rings is 1. The number of piperidine rings is 1. The lowest BCUT2D eigenvalue weighted by atomic mass is 9.73. The smallest absolute Gasteiger partial charge is 0.222 e. The van der Waals surface area contributed by atoms with Crippen LogP contribution in [0.25, 0.3) is 0 Å². The molecule has 2 aliphatic rings. The van der Waals surface area contributed by atoms with Crippen molar-refractivity contribution in [2.75, 3.05) is 26.2 Å². The largest absolute Gasteiger partial charge is 0.377 e. The zero-order valence-corrected chi connectivity index (χ0v) is 15.5. The zero-order valence-electron chi connectivity index (χ0n) is 15.5. The highest BCUT2D eigenvalue weighted by molar-refractivity contribution is 5.77. The van der Waals surface area contributed by atoms with Gasteiger partial charge in [-0.05, 0) is 43.1 Å². The van der Waals surface area contributed by atoms with Crippen LogP contribution >= 0.6 is 0 Å². The summed E-state index contributed by atoms with van der Waals surface area (Å²) < 4.78 is 5.66. The molecule has 142 valence electrons. The van der Waals surface area contributed by atoms with Gasteiger partial charge in [-0.2, -0.15) is 0 Å². The molecule has 0 saturated carbocycles. The Hall–Kier alpha value is -1.88. The number of nitrogens with zero attached hydrogens (tertiary/aromatic N) is 1. The molecule has 0 radical (unpaired) electrons. The molecule has 0 aliphatic carbocycles. The summed E-state index contributed by atoms with van der Waals surface area (Å²) in [7, 11) is 0. The number of likely N-dealkylation sites (tertiary alicyclic amines) is 1. The van der Waals surface area contributed by atoms with Gasteiger partial charge in [-0.1, -0.05) is 30.3 Å². The molecular formula is C21H30N2O3. The topological polar surface area (TPSA) is 58.6 Å². The lowest BCUT2D eigenvalue weighted by Gasteiger charge is -2.41. The van der Waals surface area contributed by atoms with Gasteiger partial charge in [0.25, 0.3) is 0 Å². The Balaban J connectivity index is 1.33. The summed E-state index contributed by atoms with van der Waals surface area (Å²) in [6, 6.07) is 10.1. The van der Waals surface area contributed by atoms with E-state index in [1.807, 2.05) is 35.2 Å². The predicted molar refractivity (Wildman–Crippen MR) is 100 cm³/mol. The van der Waals surface area contributed by atoms with E-state index in [0.29, 0.717) is 26.1 Å². The number of amides is 2. The number of rotatable bonds is 6. The first-order valence-corrected chi connectivity index (χ1v) is 9.83. The van der Waals surface area contributed by atoms with E-state index in [2.05, 4.69) is 5.32 Å². The average Bonchev–Trinajstić information content (AvgIpc) is 2.85. The zero-order chi connectivity index (χ0) is 18.2. The van der Waals surface area contributed by atoms with E-state index in [0.717, 1.165) is 57.3 Å². The van der Waals surface area contributed by atoms with Gasteiger partial charge in [-0.25, -0.2) is 0 Å². The van der Waals surface area contributed by atoms with Gasteiger partial charge in [-0.15, -0.1) is 0 Å². The first kappa shape index (κ1) is 18.9. The van der Waals surface area contributed by atoms with Crippen LogP contribution in [-0.4, -0.2) is 43.0 Å². The lowest BCUT2D eigenvalue weighted by Crippen LogP contribution is -2.43. The van der Waals surface area contributed by atoms with Gasteiger partial charge in [-0.3, -0.25) is 9.59 Å². The molecule has 1 spiro atoms. The third kappa shape index (κ3) is 5.31. The second kappa shape index (κ2) is 9.17. The van der Waals surface area contributed by atoms with Crippen molar-refractivity contribution in [3.05, 3.63) is 35.9 Å². The highest BCUT2D eigenvalue weighted by atomic mass is 16.5. The van der Waals surface area contributed by atoms with Crippen LogP contribution < -0.4 is 5.32 Å². The SMILES string of the molecule is O=C1CCC2(CCN1)CCN(C(=O)CCCOCc1ccccc1)CC2. The van der Waals surface area contributed by atoms with Gasteiger partial charge in [0.1, 0.15) is 0 Å². The molecule has 2 amide bonds. The van der Waals surface area contributed by atoms with Crippen molar-refractivity contribution in [1.82, 2.24) is 10.2 Å². The van der Waals surface area contributed by atoms with Crippen LogP contribution in [-0.2, 0) is 20.9 Å². The minimum atomic E-state index is 0.177. The molecule has 5 heteroatoms. The summed E-state index contributed by atoms with van der Waals surface area (Å²) in [5, 5.41) is 2.97. The van der Waals surface area contributed by atoms with Crippen molar-refractivity contribution < 1.29 is 14.3 Å². The molecule has 2 heterocycles. The predicted octanol–water partition coefficient (Wildman–Crippen LogP) is 2.89. The number of ether oxygens (including phenoxy) is 1. The fourth-order valence-corrected chi connectivity index (χ4v) is 4.04. The molecule has 2 saturated heterocycles. The van der Waals surface area contributed by atoms with E-state index in [9.17, 15) is 9.59 Å². The third-order valence-electron chi connectivity index (χ3n) is 5.83. The minimum Gasteiger partial charge on any atom is -0.377 e. The summed E-state index contributed by atoms with van der Waals surface area (Å²) >= 11 is 0.